The van der Waals surface area contributed by atoms with E-state index < -0.39 is 0 Å². The molecule has 6 nitrogen and oxygen atoms in total. The molecule has 0 aliphatic heterocycles. The van der Waals surface area contributed by atoms with Gasteiger partial charge in [-0.2, -0.15) is 0 Å². The van der Waals surface area contributed by atoms with Gasteiger partial charge < -0.3 is 20.3 Å². The second-order valence-corrected chi connectivity index (χ2v) is 7.65. The van der Waals surface area contributed by atoms with Gasteiger partial charge in [-0.25, -0.2) is 9.37 Å². The zero-order chi connectivity index (χ0) is 20.8. The highest BCUT2D eigenvalue weighted by Crippen LogP contribution is 2.30. The standard InChI is InChI=1S/C22H30FN5O.HI/c1-15(18-7-8-20(19(23)12-18)29-14-16-5-6-16)27-22(24-2)26-13-17-9-10-25-21(11-17)28(3)4;/h7-12,15-16H,5-6,13-14H2,1-4H3,(H2,24,26,27);1H. The Bertz CT molecular complexity index is 857. The van der Waals surface area contributed by atoms with Gasteiger partial charge in [0.25, 0.3) is 0 Å². The number of aromatic nitrogens is 1. The van der Waals surface area contributed by atoms with E-state index in [0.717, 1.165) is 16.9 Å². The molecule has 164 valence electrons. The Labute approximate surface area is 195 Å². The molecule has 2 aromatic rings. The second kappa shape index (κ2) is 11.3. The van der Waals surface area contributed by atoms with Crippen molar-refractivity contribution in [1.29, 1.82) is 0 Å². The summed E-state index contributed by atoms with van der Waals surface area (Å²) >= 11 is 0. The van der Waals surface area contributed by atoms with Gasteiger partial charge in [-0.15, -0.1) is 24.0 Å². The average Bonchev–Trinajstić information content (AvgIpc) is 3.54. The van der Waals surface area contributed by atoms with Crippen LogP contribution in [0.5, 0.6) is 5.75 Å². The molecule has 1 fully saturated rings. The number of halogens is 2. The molecule has 0 bridgehead atoms. The number of aliphatic imine (C=N–C) groups is 1. The van der Waals surface area contributed by atoms with Crippen molar-refractivity contribution in [1.82, 2.24) is 15.6 Å². The third-order valence-corrected chi connectivity index (χ3v) is 4.93. The number of nitrogens with zero attached hydrogens (tertiary/aromatic N) is 3. The third kappa shape index (κ3) is 7.00. The predicted molar refractivity (Wildman–Crippen MR) is 130 cm³/mol. The molecule has 0 saturated heterocycles. The third-order valence-electron chi connectivity index (χ3n) is 4.93. The van der Waals surface area contributed by atoms with Crippen molar-refractivity contribution in [3.05, 3.63) is 53.5 Å². The van der Waals surface area contributed by atoms with Gasteiger partial charge in [-0.05, 0) is 61.1 Å². The van der Waals surface area contributed by atoms with Crippen molar-refractivity contribution >= 4 is 35.8 Å². The summed E-state index contributed by atoms with van der Waals surface area (Å²) < 4.78 is 19.9. The Kier molecular flexibility index (Phi) is 9.13. The van der Waals surface area contributed by atoms with Crippen molar-refractivity contribution in [2.24, 2.45) is 10.9 Å². The molecule has 0 amide bonds. The van der Waals surface area contributed by atoms with Crippen LogP contribution in [0.25, 0.3) is 0 Å². The van der Waals surface area contributed by atoms with E-state index in [2.05, 4.69) is 20.6 Å². The normalized spacial score (nSPS) is 14.5. The van der Waals surface area contributed by atoms with Crippen LogP contribution in [0.2, 0.25) is 0 Å². The topological polar surface area (TPSA) is 61.8 Å². The van der Waals surface area contributed by atoms with E-state index in [0.29, 0.717) is 30.8 Å². The first-order valence-corrected chi connectivity index (χ1v) is 9.98. The molecular formula is C22H31FIN5O. The van der Waals surface area contributed by atoms with Gasteiger partial charge in [0.15, 0.2) is 17.5 Å². The number of hydrogen-bond donors (Lipinski definition) is 2. The minimum atomic E-state index is -0.326. The number of anilines is 1. The van der Waals surface area contributed by atoms with E-state index >= 15 is 0 Å². The Morgan fingerprint density at radius 2 is 2.07 bits per heavy atom. The van der Waals surface area contributed by atoms with Crippen LogP contribution in [0.15, 0.2) is 41.5 Å². The summed E-state index contributed by atoms with van der Waals surface area (Å²) in [5, 5.41) is 6.60. The summed E-state index contributed by atoms with van der Waals surface area (Å²) in [5.74, 6) is 2.14. The summed E-state index contributed by atoms with van der Waals surface area (Å²) in [4.78, 5) is 10.6. The number of pyridine rings is 1. The summed E-state index contributed by atoms with van der Waals surface area (Å²) in [7, 11) is 5.64. The molecule has 1 aliphatic rings. The zero-order valence-corrected chi connectivity index (χ0v) is 20.3. The Morgan fingerprint density at radius 1 is 1.30 bits per heavy atom. The van der Waals surface area contributed by atoms with Crippen LogP contribution in [-0.2, 0) is 6.54 Å². The lowest BCUT2D eigenvalue weighted by atomic mass is 10.1. The highest BCUT2D eigenvalue weighted by atomic mass is 127. The molecule has 1 aliphatic carbocycles. The SMILES string of the molecule is CN=C(NCc1ccnc(N(C)C)c1)NC(C)c1ccc(OCC2CC2)c(F)c1.I. The van der Waals surface area contributed by atoms with Gasteiger partial charge in [-0.3, -0.25) is 4.99 Å². The molecule has 1 atom stereocenters. The highest BCUT2D eigenvalue weighted by Gasteiger charge is 2.22. The number of hydrogen-bond acceptors (Lipinski definition) is 4. The fourth-order valence-electron chi connectivity index (χ4n) is 2.88. The lowest BCUT2D eigenvalue weighted by Crippen LogP contribution is -2.38. The van der Waals surface area contributed by atoms with E-state index in [-0.39, 0.29) is 35.8 Å². The molecule has 2 N–H and O–H groups in total. The first-order chi connectivity index (χ1) is 14.0. The van der Waals surface area contributed by atoms with Crippen LogP contribution in [0.4, 0.5) is 10.2 Å². The second-order valence-electron chi connectivity index (χ2n) is 7.65. The van der Waals surface area contributed by atoms with Crippen molar-refractivity contribution in [2.45, 2.75) is 32.4 Å². The Balaban J connectivity index is 0.00000320. The molecule has 1 aromatic carbocycles. The molecule has 30 heavy (non-hydrogen) atoms. The summed E-state index contributed by atoms with van der Waals surface area (Å²) in [6.07, 6.45) is 4.16. The minimum Gasteiger partial charge on any atom is -0.490 e. The van der Waals surface area contributed by atoms with Crippen LogP contribution < -0.4 is 20.3 Å². The highest BCUT2D eigenvalue weighted by molar-refractivity contribution is 14.0. The maximum absolute atomic E-state index is 14.4. The smallest absolute Gasteiger partial charge is 0.191 e. The maximum Gasteiger partial charge on any atom is 0.191 e. The van der Waals surface area contributed by atoms with Crippen LogP contribution in [-0.4, -0.2) is 38.7 Å². The largest absolute Gasteiger partial charge is 0.490 e. The van der Waals surface area contributed by atoms with Crippen LogP contribution >= 0.6 is 24.0 Å². The Hall–Kier alpha value is -2.10. The average molecular weight is 527 g/mol. The van der Waals surface area contributed by atoms with Crippen molar-refractivity contribution in [3.63, 3.8) is 0 Å². The van der Waals surface area contributed by atoms with E-state index in [9.17, 15) is 4.39 Å². The van der Waals surface area contributed by atoms with Crippen LogP contribution in [0.3, 0.4) is 0 Å². The van der Waals surface area contributed by atoms with Crippen molar-refractivity contribution in [2.75, 3.05) is 32.6 Å². The van der Waals surface area contributed by atoms with Gasteiger partial charge >= 0.3 is 0 Å². The minimum absolute atomic E-state index is 0. The summed E-state index contributed by atoms with van der Waals surface area (Å²) in [6, 6.07) is 9.01. The molecule has 0 spiro atoms. The lowest BCUT2D eigenvalue weighted by Gasteiger charge is -2.19. The monoisotopic (exact) mass is 527 g/mol. The van der Waals surface area contributed by atoms with Gasteiger partial charge in [-0.1, -0.05) is 6.07 Å². The molecule has 8 heteroatoms. The number of rotatable bonds is 8. The fourth-order valence-corrected chi connectivity index (χ4v) is 2.88. The molecular weight excluding hydrogens is 496 g/mol. The van der Waals surface area contributed by atoms with Crippen LogP contribution in [0, 0.1) is 11.7 Å². The first kappa shape index (κ1) is 24.2. The van der Waals surface area contributed by atoms with E-state index in [1.165, 1.54) is 18.9 Å². The Morgan fingerprint density at radius 3 is 2.70 bits per heavy atom. The molecule has 0 radical (unpaired) electrons. The van der Waals surface area contributed by atoms with E-state index in [1.54, 1.807) is 19.3 Å². The number of guanidine groups is 1. The maximum atomic E-state index is 14.4. The molecule has 1 unspecified atom stereocenters. The van der Waals surface area contributed by atoms with Gasteiger partial charge in [0.1, 0.15) is 5.82 Å². The summed E-state index contributed by atoms with van der Waals surface area (Å²) in [5.41, 5.74) is 1.94. The van der Waals surface area contributed by atoms with Crippen LogP contribution in [0.1, 0.15) is 36.9 Å². The number of nitrogens with one attached hydrogen (secondary N) is 2. The molecule has 1 aromatic heterocycles. The quantitative estimate of drug-likeness (QED) is 0.308. The number of benzene rings is 1. The van der Waals surface area contributed by atoms with Crippen molar-refractivity contribution in [3.8, 4) is 5.75 Å². The van der Waals surface area contributed by atoms with Gasteiger partial charge in [0.05, 0.1) is 12.6 Å². The molecule has 3 rings (SSSR count). The molecule has 1 heterocycles. The predicted octanol–water partition coefficient (Wildman–Crippen LogP) is 4.12. The molecule has 1 saturated carbocycles. The summed E-state index contributed by atoms with van der Waals surface area (Å²) in [6.45, 7) is 3.19. The van der Waals surface area contributed by atoms with E-state index in [1.807, 2.05) is 44.1 Å². The fraction of sp³-hybridized carbons (Fsp3) is 0.455. The first-order valence-electron chi connectivity index (χ1n) is 9.98. The van der Waals surface area contributed by atoms with Crippen molar-refractivity contribution < 1.29 is 9.13 Å². The zero-order valence-electron chi connectivity index (χ0n) is 18.0. The van der Waals surface area contributed by atoms with Gasteiger partial charge in [0, 0.05) is 33.9 Å². The van der Waals surface area contributed by atoms with Gasteiger partial charge in [0.2, 0.25) is 0 Å². The van der Waals surface area contributed by atoms with E-state index in [4.69, 9.17) is 4.74 Å². The number of ether oxygens (including phenoxy) is 1. The lowest BCUT2D eigenvalue weighted by molar-refractivity contribution is 0.285.